The highest BCUT2D eigenvalue weighted by molar-refractivity contribution is 9.10. The van der Waals surface area contributed by atoms with Gasteiger partial charge in [-0.1, -0.05) is 23.2 Å². The maximum Gasteiger partial charge on any atom is 0.277 e. The van der Waals surface area contributed by atoms with Crippen molar-refractivity contribution in [3.05, 3.63) is 68.8 Å². The largest absolute Gasteiger partial charge is 0.497 e. The molecule has 1 heterocycles. The summed E-state index contributed by atoms with van der Waals surface area (Å²) in [6, 6.07) is 13.8. The quantitative estimate of drug-likeness (QED) is 0.343. The minimum absolute atomic E-state index is 0.202. The zero-order chi connectivity index (χ0) is 20.8. The van der Waals surface area contributed by atoms with E-state index in [0.29, 0.717) is 43.1 Å². The smallest absolute Gasteiger partial charge is 0.277 e. The Balaban J connectivity index is 1.53. The average molecular weight is 498 g/mol. The predicted octanol–water partition coefficient (Wildman–Crippen LogP) is 5.55. The molecule has 0 bridgehead atoms. The van der Waals surface area contributed by atoms with E-state index in [0.717, 1.165) is 0 Å². The van der Waals surface area contributed by atoms with E-state index in [2.05, 4.69) is 26.5 Å². The van der Waals surface area contributed by atoms with Gasteiger partial charge in [0.25, 0.3) is 5.91 Å². The minimum atomic E-state index is -0.420. The molecule has 150 valence electrons. The van der Waals surface area contributed by atoms with Crippen LogP contribution in [0.5, 0.6) is 11.5 Å². The van der Waals surface area contributed by atoms with E-state index >= 15 is 0 Å². The summed E-state index contributed by atoms with van der Waals surface area (Å²) in [5, 5.41) is 4.88. The van der Waals surface area contributed by atoms with Crippen molar-refractivity contribution in [2.45, 2.75) is 0 Å². The van der Waals surface area contributed by atoms with Crippen LogP contribution in [0.2, 0.25) is 10.0 Å². The van der Waals surface area contributed by atoms with E-state index in [1.54, 1.807) is 55.6 Å². The van der Waals surface area contributed by atoms with E-state index < -0.39 is 5.91 Å². The summed E-state index contributed by atoms with van der Waals surface area (Å²) in [7, 11) is 1.57. The molecule has 0 aliphatic rings. The maximum atomic E-state index is 11.9. The lowest BCUT2D eigenvalue weighted by atomic mass is 10.2. The van der Waals surface area contributed by atoms with Gasteiger partial charge in [-0.3, -0.25) is 4.79 Å². The van der Waals surface area contributed by atoms with Crippen LogP contribution < -0.4 is 14.9 Å². The molecule has 0 atom stereocenters. The van der Waals surface area contributed by atoms with Gasteiger partial charge in [-0.25, -0.2) is 5.43 Å². The number of halogens is 3. The van der Waals surface area contributed by atoms with E-state index in [-0.39, 0.29) is 6.61 Å². The van der Waals surface area contributed by atoms with Crippen LogP contribution in [0.3, 0.4) is 0 Å². The lowest BCUT2D eigenvalue weighted by Gasteiger charge is -2.08. The van der Waals surface area contributed by atoms with Gasteiger partial charge in [0.2, 0.25) is 0 Å². The van der Waals surface area contributed by atoms with Crippen molar-refractivity contribution in [2.24, 2.45) is 5.10 Å². The Morgan fingerprint density at radius 3 is 2.76 bits per heavy atom. The number of carbonyl (C=O) groups is 1. The van der Waals surface area contributed by atoms with Crippen molar-refractivity contribution in [3.63, 3.8) is 0 Å². The molecular formula is C20H15BrCl2N2O4. The molecule has 0 aliphatic carbocycles. The molecule has 2 aromatic carbocycles. The Morgan fingerprint density at radius 1 is 1.21 bits per heavy atom. The van der Waals surface area contributed by atoms with Crippen LogP contribution in [-0.4, -0.2) is 25.8 Å². The van der Waals surface area contributed by atoms with Crippen molar-refractivity contribution in [3.8, 4) is 22.8 Å². The summed E-state index contributed by atoms with van der Waals surface area (Å²) >= 11 is 15.4. The molecule has 1 amide bonds. The third-order valence-electron chi connectivity index (χ3n) is 3.70. The highest BCUT2D eigenvalue weighted by Gasteiger charge is 2.09. The van der Waals surface area contributed by atoms with Crippen molar-refractivity contribution in [2.75, 3.05) is 13.7 Å². The number of carbonyl (C=O) groups excluding carboxylic acids is 1. The Kier molecular flexibility index (Phi) is 7.19. The fourth-order valence-electron chi connectivity index (χ4n) is 2.33. The number of benzene rings is 2. The molecular weight excluding hydrogens is 483 g/mol. The molecule has 0 aliphatic heterocycles. The molecule has 9 heteroatoms. The monoisotopic (exact) mass is 496 g/mol. The molecule has 6 nitrogen and oxygen atoms in total. The van der Waals surface area contributed by atoms with Crippen LogP contribution in [0.1, 0.15) is 5.76 Å². The first-order valence-corrected chi connectivity index (χ1v) is 9.84. The number of nitrogens with zero attached hydrogens (tertiary/aromatic N) is 1. The zero-order valence-corrected chi connectivity index (χ0v) is 18.2. The van der Waals surface area contributed by atoms with E-state index in [9.17, 15) is 4.79 Å². The standard InChI is InChI=1S/C20H15BrCl2N2O4/c1-27-13-3-7-19(16(21)9-13)28-11-20(26)25-24-10-14-4-6-18(29-14)15-5-2-12(22)8-17(15)23/h2-10H,11H2,1H3,(H,25,26)/b24-10+. The van der Waals surface area contributed by atoms with Gasteiger partial charge in [0.15, 0.2) is 6.61 Å². The van der Waals surface area contributed by atoms with Gasteiger partial charge in [-0.2, -0.15) is 5.10 Å². The fourth-order valence-corrected chi connectivity index (χ4v) is 3.30. The Bertz CT molecular complexity index is 1050. The maximum absolute atomic E-state index is 11.9. The predicted molar refractivity (Wildman–Crippen MR) is 116 cm³/mol. The number of hydrogen-bond donors (Lipinski definition) is 1. The van der Waals surface area contributed by atoms with Gasteiger partial charge >= 0.3 is 0 Å². The third kappa shape index (κ3) is 5.76. The van der Waals surface area contributed by atoms with Crippen LogP contribution in [0.15, 0.2) is 62.5 Å². The molecule has 0 spiro atoms. The van der Waals surface area contributed by atoms with Gasteiger partial charge in [-0.05, 0) is 64.5 Å². The van der Waals surface area contributed by atoms with Crippen LogP contribution in [0, 0.1) is 0 Å². The molecule has 0 saturated carbocycles. The Labute approximate surface area is 185 Å². The number of methoxy groups -OCH3 is 1. The summed E-state index contributed by atoms with van der Waals surface area (Å²) in [5.74, 6) is 1.78. The zero-order valence-electron chi connectivity index (χ0n) is 15.1. The van der Waals surface area contributed by atoms with E-state index in [4.69, 9.17) is 37.1 Å². The van der Waals surface area contributed by atoms with Crippen LogP contribution >= 0.6 is 39.1 Å². The molecule has 0 unspecified atom stereocenters. The number of furan rings is 1. The van der Waals surface area contributed by atoms with Gasteiger partial charge in [-0.15, -0.1) is 0 Å². The molecule has 0 radical (unpaired) electrons. The lowest BCUT2D eigenvalue weighted by molar-refractivity contribution is -0.123. The second-order valence-electron chi connectivity index (χ2n) is 5.70. The van der Waals surface area contributed by atoms with Gasteiger partial charge in [0.1, 0.15) is 23.0 Å². The van der Waals surface area contributed by atoms with Crippen molar-refractivity contribution < 1.29 is 18.7 Å². The van der Waals surface area contributed by atoms with Crippen molar-refractivity contribution in [1.82, 2.24) is 5.43 Å². The number of hydrogen-bond acceptors (Lipinski definition) is 5. The summed E-state index contributed by atoms with van der Waals surface area (Å²) in [6.45, 7) is -0.202. The number of nitrogens with one attached hydrogen (secondary N) is 1. The Morgan fingerprint density at radius 2 is 2.03 bits per heavy atom. The van der Waals surface area contributed by atoms with Crippen LogP contribution in [0.25, 0.3) is 11.3 Å². The molecule has 0 saturated heterocycles. The first-order chi connectivity index (χ1) is 14.0. The topological polar surface area (TPSA) is 73.1 Å². The van der Waals surface area contributed by atoms with Crippen LogP contribution in [-0.2, 0) is 4.79 Å². The second kappa shape index (κ2) is 9.82. The SMILES string of the molecule is COc1ccc(OCC(=O)N/N=C/c2ccc(-c3ccc(Cl)cc3Cl)o2)c(Br)c1. The molecule has 3 aromatic rings. The number of hydrazone groups is 1. The van der Waals surface area contributed by atoms with Crippen LogP contribution in [0.4, 0.5) is 0 Å². The van der Waals surface area contributed by atoms with Gasteiger partial charge in [0.05, 0.1) is 22.8 Å². The van der Waals surface area contributed by atoms with Gasteiger partial charge < -0.3 is 13.9 Å². The molecule has 0 fully saturated rings. The molecule has 1 N–H and O–H groups in total. The normalized spacial score (nSPS) is 10.9. The number of rotatable bonds is 7. The number of amides is 1. The summed E-state index contributed by atoms with van der Waals surface area (Å²) in [4.78, 5) is 11.9. The average Bonchev–Trinajstić information content (AvgIpc) is 3.15. The Hall–Kier alpha value is -2.48. The summed E-state index contributed by atoms with van der Waals surface area (Å²) < 4.78 is 16.9. The second-order valence-corrected chi connectivity index (χ2v) is 7.40. The lowest BCUT2D eigenvalue weighted by Crippen LogP contribution is -2.24. The highest BCUT2D eigenvalue weighted by Crippen LogP contribution is 2.31. The first-order valence-electron chi connectivity index (χ1n) is 8.30. The fraction of sp³-hybridized carbons (Fsp3) is 0.100. The number of ether oxygens (including phenoxy) is 2. The van der Waals surface area contributed by atoms with E-state index in [1.165, 1.54) is 6.21 Å². The van der Waals surface area contributed by atoms with E-state index in [1.807, 2.05) is 0 Å². The summed E-state index contributed by atoms with van der Waals surface area (Å²) in [5.41, 5.74) is 3.08. The van der Waals surface area contributed by atoms with Crippen molar-refractivity contribution >= 4 is 51.3 Å². The van der Waals surface area contributed by atoms with Crippen molar-refractivity contribution in [1.29, 1.82) is 0 Å². The molecule has 3 rings (SSSR count). The highest BCUT2D eigenvalue weighted by atomic mass is 79.9. The molecule has 1 aromatic heterocycles. The summed E-state index contributed by atoms with van der Waals surface area (Å²) in [6.07, 6.45) is 1.38. The van der Waals surface area contributed by atoms with Gasteiger partial charge in [0, 0.05) is 10.6 Å². The first kappa shape index (κ1) is 21.2. The minimum Gasteiger partial charge on any atom is -0.497 e. The molecule has 29 heavy (non-hydrogen) atoms. The third-order valence-corrected chi connectivity index (χ3v) is 4.87.